The molecule has 0 aliphatic rings. The second kappa shape index (κ2) is 3.89. The Labute approximate surface area is 89.9 Å². The van der Waals surface area contributed by atoms with E-state index in [0.29, 0.717) is 6.54 Å². The predicted molar refractivity (Wildman–Crippen MR) is 57.0 cm³/mol. The molecule has 4 nitrogen and oxygen atoms in total. The van der Waals surface area contributed by atoms with Gasteiger partial charge in [0.1, 0.15) is 0 Å². The molecule has 0 aliphatic heterocycles. The van der Waals surface area contributed by atoms with Gasteiger partial charge in [0.25, 0.3) is 0 Å². The van der Waals surface area contributed by atoms with Gasteiger partial charge in [-0.05, 0) is 28.1 Å². The number of nitrogens with zero attached hydrogens (tertiary/aromatic N) is 3. The SMILES string of the molecule is NCc1cc(-n2cc(Br)cn2)ccn1. The monoisotopic (exact) mass is 252 g/mol. The molecule has 72 valence electrons. The van der Waals surface area contributed by atoms with Crippen LogP contribution in [0.5, 0.6) is 0 Å². The van der Waals surface area contributed by atoms with E-state index >= 15 is 0 Å². The van der Waals surface area contributed by atoms with Crippen LogP contribution in [0.25, 0.3) is 5.69 Å². The highest BCUT2D eigenvalue weighted by atomic mass is 79.9. The van der Waals surface area contributed by atoms with Gasteiger partial charge in [-0.25, -0.2) is 4.68 Å². The summed E-state index contributed by atoms with van der Waals surface area (Å²) < 4.78 is 2.72. The first-order valence-corrected chi connectivity index (χ1v) is 4.94. The molecule has 14 heavy (non-hydrogen) atoms. The molecular formula is C9H9BrN4. The Morgan fingerprint density at radius 1 is 1.50 bits per heavy atom. The highest BCUT2D eigenvalue weighted by Crippen LogP contribution is 2.12. The Kier molecular flexibility index (Phi) is 2.60. The molecule has 5 heteroatoms. The van der Waals surface area contributed by atoms with Crippen molar-refractivity contribution >= 4 is 15.9 Å². The maximum absolute atomic E-state index is 5.50. The van der Waals surface area contributed by atoms with Crippen LogP contribution < -0.4 is 5.73 Å². The van der Waals surface area contributed by atoms with Crippen molar-refractivity contribution in [3.8, 4) is 5.69 Å². The van der Waals surface area contributed by atoms with Crippen LogP contribution in [0, 0.1) is 0 Å². The number of halogens is 1. The standard InChI is InChI=1S/C9H9BrN4/c10-7-5-13-14(6-7)9-1-2-12-8(3-9)4-11/h1-3,5-6H,4,11H2. The maximum Gasteiger partial charge on any atom is 0.0679 e. The molecule has 0 radical (unpaired) electrons. The quantitative estimate of drug-likeness (QED) is 0.882. The lowest BCUT2D eigenvalue weighted by Crippen LogP contribution is -2.02. The fraction of sp³-hybridized carbons (Fsp3) is 0.111. The Morgan fingerprint density at radius 2 is 2.36 bits per heavy atom. The molecule has 2 aromatic heterocycles. The third-order valence-electron chi connectivity index (χ3n) is 1.82. The Balaban J connectivity index is 2.41. The van der Waals surface area contributed by atoms with Gasteiger partial charge >= 0.3 is 0 Å². The van der Waals surface area contributed by atoms with Gasteiger partial charge in [-0.2, -0.15) is 5.10 Å². The van der Waals surface area contributed by atoms with Crippen molar-refractivity contribution in [3.63, 3.8) is 0 Å². The lowest BCUT2D eigenvalue weighted by atomic mass is 10.3. The molecule has 0 spiro atoms. The second-order valence-electron chi connectivity index (χ2n) is 2.81. The van der Waals surface area contributed by atoms with Crippen LogP contribution in [0.2, 0.25) is 0 Å². The Hall–Kier alpha value is -1.20. The van der Waals surface area contributed by atoms with E-state index in [-0.39, 0.29) is 0 Å². The first-order chi connectivity index (χ1) is 6.79. The van der Waals surface area contributed by atoms with Crippen molar-refractivity contribution in [1.29, 1.82) is 0 Å². The summed E-state index contributed by atoms with van der Waals surface area (Å²) in [6, 6.07) is 3.80. The minimum absolute atomic E-state index is 0.441. The van der Waals surface area contributed by atoms with Crippen LogP contribution in [0.3, 0.4) is 0 Å². The second-order valence-corrected chi connectivity index (χ2v) is 3.73. The van der Waals surface area contributed by atoms with Crippen LogP contribution in [-0.2, 0) is 6.54 Å². The lowest BCUT2D eigenvalue weighted by Gasteiger charge is -2.02. The topological polar surface area (TPSA) is 56.7 Å². The summed E-state index contributed by atoms with van der Waals surface area (Å²) in [5.74, 6) is 0. The zero-order chi connectivity index (χ0) is 9.97. The third-order valence-corrected chi connectivity index (χ3v) is 2.23. The van der Waals surface area contributed by atoms with Gasteiger partial charge in [0, 0.05) is 18.9 Å². The highest BCUT2D eigenvalue weighted by molar-refractivity contribution is 9.10. The van der Waals surface area contributed by atoms with Gasteiger partial charge < -0.3 is 5.73 Å². The fourth-order valence-corrected chi connectivity index (χ4v) is 1.45. The van der Waals surface area contributed by atoms with Gasteiger partial charge in [0.15, 0.2) is 0 Å². The van der Waals surface area contributed by atoms with E-state index < -0.39 is 0 Å². The van der Waals surface area contributed by atoms with Crippen LogP contribution in [0.15, 0.2) is 35.2 Å². The van der Waals surface area contributed by atoms with E-state index in [9.17, 15) is 0 Å². The van der Waals surface area contributed by atoms with E-state index in [4.69, 9.17) is 5.73 Å². The molecule has 0 saturated carbocycles. The third kappa shape index (κ3) is 1.83. The molecule has 2 N–H and O–H groups in total. The van der Waals surface area contributed by atoms with E-state index in [1.165, 1.54) is 0 Å². The molecule has 2 rings (SSSR count). The summed E-state index contributed by atoms with van der Waals surface area (Å²) in [5, 5.41) is 4.16. The highest BCUT2D eigenvalue weighted by Gasteiger charge is 1.99. The minimum atomic E-state index is 0.441. The summed E-state index contributed by atoms with van der Waals surface area (Å²) in [6.45, 7) is 0.441. The van der Waals surface area contributed by atoms with Crippen LogP contribution in [-0.4, -0.2) is 14.8 Å². The molecule has 2 heterocycles. The lowest BCUT2D eigenvalue weighted by molar-refractivity contribution is 0.867. The Bertz CT molecular complexity index is 438. The summed E-state index contributed by atoms with van der Waals surface area (Å²) in [4.78, 5) is 4.11. The summed E-state index contributed by atoms with van der Waals surface area (Å²) >= 11 is 3.34. The van der Waals surface area contributed by atoms with Crippen molar-refractivity contribution in [1.82, 2.24) is 14.8 Å². The first kappa shape index (κ1) is 9.36. The van der Waals surface area contributed by atoms with Gasteiger partial charge in [0.2, 0.25) is 0 Å². The first-order valence-electron chi connectivity index (χ1n) is 4.15. The molecule has 0 amide bonds. The average Bonchev–Trinajstić information content (AvgIpc) is 2.65. The molecule has 0 fully saturated rings. The van der Waals surface area contributed by atoms with E-state index in [1.807, 2.05) is 18.3 Å². The van der Waals surface area contributed by atoms with Gasteiger partial charge in [0.05, 0.1) is 22.1 Å². The molecule has 2 aromatic rings. The zero-order valence-electron chi connectivity index (χ0n) is 7.39. The molecular weight excluding hydrogens is 244 g/mol. The minimum Gasteiger partial charge on any atom is -0.325 e. The fourth-order valence-electron chi connectivity index (χ4n) is 1.16. The van der Waals surface area contributed by atoms with Crippen molar-refractivity contribution in [3.05, 3.63) is 40.9 Å². The Morgan fingerprint density at radius 3 is 3.00 bits per heavy atom. The van der Waals surface area contributed by atoms with Crippen LogP contribution in [0.4, 0.5) is 0 Å². The number of aromatic nitrogens is 3. The molecule has 0 bridgehead atoms. The average molecular weight is 253 g/mol. The zero-order valence-corrected chi connectivity index (χ0v) is 8.98. The van der Waals surface area contributed by atoms with Gasteiger partial charge in [-0.1, -0.05) is 0 Å². The summed E-state index contributed by atoms with van der Waals surface area (Å²) in [6.07, 6.45) is 5.35. The smallest absolute Gasteiger partial charge is 0.0679 e. The van der Waals surface area contributed by atoms with Gasteiger partial charge in [-0.3, -0.25) is 4.98 Å². The largest absolute Gasteiger partial charge is 0.325 e. The summed E-state index contributed by atoms with van der Waals surface area (Å²) in [5.41, 5.74) is 7.32. The number of pyridine rings is 1. The van der Waals surface area contributed by atoms with E-state index in [1.54, 1.807) is 17.1 Å². The molecule has 0 saturated heterocycles. The molecule has 0 aromatic carbocycles. The number of hydrogen-bond acceptors (Lipinski definition) is 3. The molecule has 0 atom stereocenters. The van der Waals surface area contributed by atoms with Crippen molar-refractivity contribution in [2.24, 2.45) is 5.73 Å². The van der Waals surface area contributed by atoms with E-state index in [0.717, 1.165) is 15.9 Å². The van der Waals surface area contributed by atoms with Crippen molar-refractivity contribution < 1.29 is 0 Å². The summed E-state index contributed by atoms with van der Waals surface area (Å²) in [7, 11) is 0. The van der Waals surface area contributed by atoms with E-state index in [2.05, 4.69) is 26.0 Å². The van der Waals surface area contributed by atoms with Crippen molar-refractivity contribution in [2.75, 3.05) is 0 Å². The van der Waals surface area contributed by atoms with Crippen LogP contribution in [0.1, 0.15) is 5.69 Å². The molecule has 0 aliphatic carbocycles. The normalized spacial score (nSPS) is 10.4. The maximum atomic E-state index is 5.50. The number of hydrogen-bond donors (Lipinski definition) is 1. The number of rotatable bonds is 2. The van der Waals surface area contributed by atoms with Crippen LogP contribution >= 0.6 is 15.9 Å². The van der Waals surface area contributed by atoms with Crippen molar-refractivity contribution in [2.45, 2.75) is 6.54 Å². The molecule has 0 unspecified atom stereocenters. The number of nitrogens with two attached hydrogens (primary N) is 1. The van der Waals surface area contributed by atoms with Gasteiger partial charge in [-0.15, -0.1) is 0 Å². The predicted octanol–water partition coefficient (Wildman–Crippen LogP) is 1.49.